The van der Waals surface area contributed by atoms with Crippen molar-refractivity contribution in [2.75, 3.05) is 44.8 Å². The van der Waals surface area contributed by atoms with Gasteiger partial charge in [-0.25, -0.2) is 13.1 Å². The fourth-order valence-electron chi connectivity index (χ4n) is 4.82. The van der Waals surface area contributed by atoms with Crippen molar-refractivity contribution in [2.45, 2.75) is 19.0 Å². The van der Waals surface area contributed by atoms with Crippen LogP contribution in [0, 0.1) is 0 Å². The van der Waals surface area contributed by atoms with Crippen LogP contribution < -0.4 is 4.74 Å². The maximum atomic E-state index is 11.9. The molecule has 0 spiro atoms. The normalized spacial score (nSPS) is 21.3. The van der Waals surface area contributed by atoms with Crippen molar-refractivity contribution in [3.63, 3.8) is 0 Å². The van der Waals surface area contributed by atoms with Crippen molar-refractivity contribution in [3.05, 3.63) is 66.4 Å². The van der Waals surface area contributed by atoms with Crippen LogP contribution in [-0.4, -0.2) is 78.8 Å². The van der Waals surface area contributed by atoms with E-state index >= 15 is 0 Å². The first-order valence-corrected chi connectivity index (χ1v) is 13.3. The van der Waals surface area contributed by atoms with E-state index in [0.717, 1.165) is 61.8 Å². The number of hydrogen-bond acceptors (Lipinski definition) is 6. The molecule has 0 unspecified atom stereocenters. The number of nitrogens with zero attached hydrogens (tertiary/aromatic N) is 4. The minimum atomic E-state index is -2.85. The third-order valence-electron chi connectivity index (χ3n) is 6.70. The lowest BCUT2D eigenvalue weighted by atomic mass is 10.1. The number of rotatable bonds is 6. The molecule has 2 aromatic carbocycles. The number of ether oxygens (including phenoxy) is 1. The van der Waals surface area contributed by atoms with Crippen molar-refractivity contribution in [2.24, 2.45) is 0 Å². The summed E-state index contributed by atoms with van der Waals surface area (Å²) in [6.45, 7) is 4.48. The van der Waals surface area contributed by atoms with E-state index in [9.17, 15) is 8.42 Å². The average molecular weight is 467 g/mol. The van der Waals surface area contributed by atoms with E-state index in [1.165, 1.54) is 5.56 Å². The Morgan fingerprint density at radius 2 is 1.73 bits per heavy atom. The minimum absolute atomic E-state index is 0.188. The maximum absolute atomic E-state index is 11.9. The third-order valence-corrected chi connectivity index (χ3v) is 8.45. The van der Waals surface area contributed by atoms with Gasteiger partial charge >= 0.3 is 0 Å². The van der Waals surface area contributed by atoms with E-state index in [1.807, 2.05) is 35.0 Å². The molecule has 0 amide bonds. The van der Waals surface area contributed by atoms with Gasteiger partial charge in [-0.2, -0.15) is 5.10 Å². The van der Waals surface area contributed by atoms with Gasteiger partial charge in [-0.05, 0) is 42.8 Å². The van der Waals surface area contributed by atoms with E-state index < -0.39 is 9.84 Å². The molecule has 3 heterocycles. The van der Waals surface area contributed by atoms with Gasteiger partial charge in [0.05, 0.1) is 30.0 Å². The Bertz CT molecular complexity index is 1180. The van der Waals surface area contributed by atoms with Crippen LogP contribution >= 0.6 is 0 Å². The van der Waals surface area contributed by atoms with Crippen LogP contribution in [0.1, 0.15) is 12.0 Å². The first-order chi connectivity index (χ1) is 16.0. The smallest absolute Gasteiger partial charge is 0.151 e. The van der Waals surface area contributed by atoms with Gasteiger partial charge in [0.2, 0.25) is 0 Å². The van der Waals surface area contributed by atoms with Gasteiger partial charge in [-0.1, -0.05) is 18.2 Å². The molecule has 1 atom stereocenters. The van der Waals surface area contributed by atoms with E-state index in [0.29, 0.717) is 11.5 Å². The summed E-state index contributed by atoms with van der Waals surface area (Å²) in [6.07, 6.45) is 2.90. The van der Waals surface area contributed by atoms with Gasteiger partial charge < -0.3 is 4.74 Å². The lowest BCUT2D eigenvalue weighted by Crippen LogP contribution is -2.50. The van der Waals surface area contributed by atoms with E-state index in [-0.39, 0.29) is 6.04 Å². The van der Waals surface area contributed by atoms with Gasteiger partial charge in [-0.15, -0.1) is 0 Å². The van der Waals surface area contributed by atoms with E-state index in [4.69, 9.17) is 9.84 Å². The van der Waals surface area contributed by atoms with Crippen molar-refractivity contribution < 1.29 is 13.2 Å². The van der Waals surface area contributed by atoms with Gasteiger partial charge in [0.15, 0.2) is 9.84 Å². The number of hydrogen-bond donors (Lipinski definition) is 0. The lowest BCUT2D eigenvalue weighted by molar-refractivity contribution is 0.100. The maximum Gasteiger partial charge on any atom is 0.151 e. The summed E-state index contributed by atoms with van der Waals surface area (Å²) in [6, 6.07) is 18.4. The molecule has 2 aliphatic heterocycles. The van der Waals surface area contributed by atoms with E-state index in [1.54, 1.807) is 7.11 Å². The first-order valence-electron chi connectivity index (χ1n) is 11.5. The SMILES string of the molecule is COc1ccc(-c2nn(-c3ccccc3)cc2CN2CCN([C@H]3CCS(=O)(=O)C3)CC2)cc1. The van der Waals surface area contributed by atoms with Gasteiger partial charge in [0, 0.05) is 56.1 Å². The number of benzene rings is 2. The summed E-state index contributed by atoms with van der Waals surface area (Å²) < 4.78 is 31.0. The van der Waals surface area contributed by atoms with Crippen LogP contribution in [0.4, 0.5) is 0 Å². The Kier molecular flexibility index (Phi) is 6.23. The zero-order chi connectivity index (χ0) is 22.8. The Hall–Kier alpha value is -2.68. The first kappa shape index (κ1) is 22.1. The summed E-state index contributed by atoms with van der Waals surface area (Å²) in [5.41, 5.74) is 4.26. The van der Waals surface area contributed by atoms with Gasteiger partial charge in [0.25, 0.3) is 0 Å². The predicted octanol–water partition coefficient (Wildman–Crippen LogP) is 2.85. The van der Waals surface area contributed by atoms with Crippen molar-refractivity contribution in [1.29, 1.82) is 0 Å². The second-order valence-electron chi connectivity index (χ2n) is 8.88. The highest BCUT2D eigenvalue weighted by molar-refractivity contribution is 7.91. The zero-order valence-electron chi connectivity index (χ0n) is 18.9. The molecule has 2 fully saturated rings. The van der Waals surface area contributed by atoms with Crippen LogP contribution in [0.2, 0.25) is 0 Å². The molecular weight excluding hydrogens is 436 g/mol. The molecule has 7 nitrogen and oxygen atoms in total. The highest BCUT2D eigenvalue weighted by Gasteiger charge is 2.33. The second-order valence-corrected chi connectivity index (χ2v) is 11.1. The van der Waals surface area contributed by atoms with Crippen LogP contribution in [-0.2, 0) is 16.4 Å². The number of piperazine rings is 1. The van der Waals surface area contributed by atoms with Gasteiger partial charge in [0.1, 0.15) is 5.75 Å². The zero-order valence-corrected chi connectivity index (χ0v) is 19.7. The molecule has 2 saturated heterocycles. The molecule has 174 valence electrons. The predicted molar refractivity (Wildman–Crippen MR) is 129 cm³/mol. The quantitative estimate of drug-likeness (QED) is 0.557. The molecule has 0 N–H and O–H groups in total. The standard InChI is InChI=1S/C25H30N4O3S/c1-32-24-9-7-20(8-10-24)25-21(18-29(26-25)22-5-3-2-4-6-22)17-27-12-14-28(15-13-27)23-11-16-33(30,31)19-23/h2-10,18,23H,11-17,19H2,1H3/t23-/m0/s1. The molecule has 5 rings (SSSR count). The molecule has 0 saturated carbocycles. The fourth-order valence-corrected chi connectivity index (χ4v) is 6.58. The molecule has 33 heavy (non-hydrogen) atoms. The summed E-state index contributed by atoms with van der Waals surface area (Å²) in [4.78, 5) is 4.80. The molecule has 0 bridgehead atoms. The summed E-state index contributed by atoms with van der Waals surface area (Å²) in [7, 11) is -1.18. The molecular formula is C25H30N4O3S. The van der Waals surface area contributed by atoms with Crippen LogP contribution in [0.15, 0.2) is 60.8 Å². The topological polar surface area (TPSA) is 67.7 Å². The van der Waals surface area contributed by atoms with Crippen LogP contribution in [0.25, 0.3) is 16.9 Å². The molecule has 0 aliphatic carbocycles. The van der Waals surface area contributed by atoms with Gasteiger partial charge in [-0.3, -0.25) is 9.80 Å². The van der Waals surface area contributed by atoms with Crippen molar-refractivity contribution in [3.8, 4) is 22.7 Å². The largest absolute Gasteiger partial charge is 0.497 e. The average Bonchev–Trinajstić information content (AvgIpc) is 3.43. The van der Waals surface area contributed by atoms with Crippen molar-refractivity contribution >= 4 is 9.84 Å². The summed E-state index contributed by atoms with van der Waals surface area (Å²) in [5, 5.41) is 4.94. The molecule has 3 aromatic rings. The molecule has 0 radical (unpaired) electrons. The highest BCUT2D eigenvalue weighted by Crippen LogP contribution is 2.27. The van der Waals surface area contributed by atoms with Crippen LogP contribution in [0.5, 0.6) is 5.75 Å². The Balaban J connectivity index is 1.34. The molecule has 8 heteroatoms. The highest BCUT2D eigenvalue weighted by atomic mass is 32.2. The number of aromatic nitrogens is 2. The van der Waals surface area contributed by atoms with E-state index in [2.05, 4.69) is 40.3 Å². The Morgan fingerprint density at radius 3 is 2.36 bits per heavy atom. The number of sulfone groups is 1. The molecule has 1 aromatic heterocycles. The Labute approximate surface area is 195 Å². The summed E-state index contributed by atoms with van der Waals surface area (Å²) >= 11 is 0. The third kappa shape index (κ3) is 4.98. The lowest BCUT2D eigenvalue weighted by Gasteiger charge is -2.37. The number of methoxy groups -OCH3 is 1. The summed E-state index contributed by atoms with van der Waals surface area (Å²) in [5.74, 6) is 1.48. The van der Waals surface area contributed by atoms with Crippen LogP contribution in [0.3, 0.4) is 0 Å². The monoisotopic (exact) mass is 466 g/mol. The van der Waals surface area contributed by atoms with Crippen molar-refractivity contribution in [1.82, 2.24) is 19.6 Å². The number of para-hydroxylation sites is 1. The minimum Gasteiger partial charge on any atom is -0.497 e. The fraction of sp³-hybridized carbons (Fsp3) is 0.400. The molecule has 2 aliphatic rings. The Morgan fingerprint density at radius 1 is 1.00 bits per heavy atom. The second kappa shape index (κ2) is 9.29.